The van der Waals surface area contributed by atoms with E-state index in [1.807, 2.05) is 33.8 Å². The van der Waals surface area contributed by atoms with Gasteiger partial charge in [-0.05, 0) is 39.8 Å². The first-order chi connectivity index (χ1) is 9.24. The molecule has 2 rings (SSSR count). The predicted molar refractivity (Wildman–Crippen MR) is 79.2 cm³/mol. The molecular weight excluding hydrogens is 278 g/mol. The standard InChI is InChI=1S/C14H20ClN3O2/c1-9-11(5-6-12(15)16-9)17-10-7-18(8-10)13(19)20-14(2,3)4/h5-6,10,17H,7-8H2,1-4H3. The van der Waals surface area contributed by atoms with E-state index in [0.29, 0.717) is 18.2 Å². The van der Waals surface area contributed by atoms with E-state index in [2.05, 4.69) is 10.3 Å². The lowest BCUT2D eigenvalue weighted by Gasteiger charge is -2.40. The summed E-state index contributed by atoms with van der Waals surface area (Å²) in [6.07, 6.45) is -0.262. The summed E-state index contributed by atoms with van der Waals surface area (Å²) in [4.78, 5) is 17.7. The summed E-state index contributed by atoms with van der Waals surface area (Å²) in [5.41, 5.74) is 1.35. The van der Waals surface area contributed by atoms with Gasteiger partial charge in [0.2, 0.25) is 0 Å². The Hall–Kier alpha value is -1.49. The van der Waals surface area contributed by atoms with Crippen LogP contribution in [0.1, 0.15) is 26.5 Å². The summed E-state index contributed by atoms with van der Waals surface area (Å²) < 4.78 is 5.31. The smallest absolute Gasteiger partial charge is 0.410 e. The van der Waals surface area contributed by atoms with Gasteiger partial charge in [-0.25, -0.2) is 9.78 Å². The number of halogens is 1. The monoisotopic (exact) mass is 297 g/mol. The number of aryl methyl sites for hydroxylation is 1. The molecule has 0 bridgehead atoms. The molecular formula is C14H20ClN3O2. The molecule has 1 N–H and O–H groups in total. The zero-order valence-corrected chi connectivity index (χ0v) is 13.0. The Morgan fingerprint density at radius 1 is 1.45 bits per heavy atom. The number of hydrogen-bond donors (Lipinski definition) is 1. The molecule has 0 aromatic carbocycles. The highest BCUT2D eigenvalue weighted by Crippen LogP contribution is 2.21. The Morgan fingerprint density at radius 2 is 2.10 bits per heavy atom. The highest BCUT2D eigenvalue weighted by Gasteiger charge is 2.33. The topological polar surface area (TPSA) is 54.5 Å². The van der Waals surface area contributed by atoms with Gasteiger partial charge in [-0.1, -0.05) is 11.6 Å². The Bertz CT molecular complexity index is 508. The van der Waals surface area contributed by atoms with Crippen molar-refractivity contribution in [3.8, 4) is 0 Å². The first kappa shape index (κ1) is 14.9. The number of ether oxygens (including phenoxy) is 1. The van der Waals surface area contributed by atoms with Crippen LogP contribution in [-0.4, -0.2) is 40.7 Å². The lowest BCUT2D eigenvalue weighted by molar-refractivity contribution is 0.0105. The molecule has 110 valence electrons. The number of anilines is 1. The number of nitrogens with one attached hydrogen (secondary N) is 1. The molecule has 0 spiro atoms. The third-order valence-corrected chi connectivity index (χ3v) is 3.16. The van der Waals surface area contributed by atoms with Crippen molar-refractivity contribution in [1.82, 2.24) is 9.88 Å². The normalized spacial score (nSPS) is 15.8. The van der Waals surface area contributed by atoms with Crippen molar-refractivity contribution < 1.29 is 9.53 Å². The second-order valence-electron chi connectivity index (χ2n) is 5.99. The molecule has 1 aromatic heterocycles. The summed E-state index contributed by atoms with van der Waals surface area (Å²) >= 11 is 5.82. The fraction of sp³-hybridized carbons (Fsp3) is 0.571. The van der Waals surface area contributed by atoms with Crippen molar-refractivity contribution in [2.45, 2.75) is 39.3 Å². The predicted octanol–water partition coefficient (Wildman–Crippen LogP) is 3.07. The fourth-order valence-electron chi connectivity index (χ4n) is 1.95. The number of likely N-dealkylation sites (tertiary alicyclic amines) is 1. The second-order valence-corrected chi connectivity index (χ2v) is 6.38. The van der Waals surface area contributed by atoms with E-state index in [1.54, 1.807) is 11.0 Å². The van der Waals surface area contributed by atoms with Crippen LogP contribution in [0.15, 0.2) is 12.1 Å². The van der Waals surface area contributed by atoms with E-state index < -0.39 is 5.60 Å². The molecule has 1 aliphatic rings. The summed E-state index contributed by atoms with van der Waals surface area (Å²) in [5.74, 6) is 0. The van der Waals surface area contributed by atoms with Crippen LogP contribution in [0.2, 0.25) is 5.15 Å². The molecule has 0 aliphatic carbocycles. The number of nitrogens with zero attached hydrogens (tertiary/aromatic N) is 2. The average molecular weight is 298 g/mol. The maximum Gasteiger partial charge on any atom is 0.410 e. The average Bonchev–Trinajstić information content (AvgIpc) is 2.22. The van der Waals surface area contributed by atoms with Gasteiger partial charge in [-0.2, -0.15) is 0 Å². The van der Waals surface area contributed by atoms with Gasteiger partial charge in [-0.15, -0.1) is 0 Å². The summed E-state index contributed by atoms with van der Waals surface area (Å²) in [7, 11) is 0. The molecule has 1 amide bonds. The Kier molecular flexibility index (Phi) is 4.09. The van der Waals surface area contributed by atoms with Gasteiger partial charge in [0, 0.05) is 13.1 Å². The van der Waals surface area contributed by atoms with E-state index in [-0.39, 0.29) is 12.1 Å². The van der Waals surface area contributed by atoms with Crippen molar-refractivity contribution in [2.24, 2.45) is 0 Å². The molecule has 5 nitrogen and oxygen atoms in total. The van der Waals surface area contributed by atoms with E-state index in [0.717, 1.165) is 11.4 Å². The number of rotatable bonds is 2. The molecule has 1 aromatic rings. The Labute approximate surface area is 124 Å². The Morgan fingerprint density at radius 3 is 2.65 bits per heavy atom. The minimum absolute atomic E-state index is 0.226. The van der Waals surface area contributed by atoms with Crippen LogP contribution in [-0.2, 0) is 4.74 Å². The zero-order chi connectivity index (χ0) is 14.9. The summed E-state index contributed by atoms with van der Waals surface area (Å²) in [6.45, 7) is 8.77. The third-order valence-electron chi connectivity index (χ3n) is 2.94. The van der Waals surface area contributed by atoms with Crippen LogP contribution >= 0.6 is 11.6 Å². The number of hydrogen-bond acceptors (Lipinski definition) is 4. The van der Waals surface area contributed by atoms with Gasteiger partial charge < -0.3 is 15.0 Å². The molecule has 0 unspecified atom stereocenters. The lowest BCUT2D eigenvalue weighted by Crippen LogP contribution is -2.58. The molecule has 0 atom stereocenters. The van der Waals surface area contributed by atoms with Crippen LogP contribution in [0.25, 0.3) is 0 Å². The summed E-state index contributed by atoms with van der Waals surface area (Å²) in [5, 5.41) is 3.83. The first-order valence-corrected chi connectivity index (χ1v) is 7.00. The molecule has 20 heavy (non-hydrogen) atoms. The third kappa shape index (κ3) is 3.76. The van der Waals surface area contributed by atoms with Crippen molar-refractivity contribution in [1.29, 1.82) is 0 Å². The largest absolute Gasteiger partial charge is 0.444 e. The van der Waals surface area contributed by atoms with Gasteiger partial charge in [0.05, 0.1) is 17.4 Å². The quantitative estimate of drug-likeness (QED) is 0.852. The lowest BCUT2D eigenvalue weighted by atomic mass is 10.1. The molecule has 1 fully saturated rings. The van der Waals surface area contributed by atoms with Gasteiger partial charge in [0.25, 0.3) is 0 Å². The zero-order valence-electron chi connectivity index (χ0n) is 12.2. The van der Waals surface area contributed by atoms with Gasteiger partial charge >= 0.3 is 6.09 Å². The minimum Gasteiger partial charge on any atom is -0.444 e. The van der Waals surface area contributed by atoms with Crippen LogP contribution < -0.4 is 5.32 Å². The number of amides is 1. The maximum atomic E-state index is 11.8. The van der Waals surface area contributed by atoms with Gasteiger partial charge in [-0.3, -0.25) is 0 Å². The minimum atomic E-state index is -0.452. The molecule has 0 radical (unpaired) electrons. The number of pyridine rings is 1. The Balaban J connectivity index is 1.83. The summed E-state index contributed by atoms with van der Waals surface area (Å²) in [6, 6.07) is 3.88. The second kappa shape index (κ2) is 5.48. The van der Waals surface area contributed by atoms with E-state index in [1.165, 1.54) is 0 Å². The molecule has 0 saturated carbocycles. The van der Waals surface area contributed by atoms with E-state index in [4.69, 9.17) is 16.3 Å². The SMILES string of the molecule is Cc1nc(Cl)ccc1NC1CN(C(=O)OC(C)(C)C)C1. The van der Waals surface area contributed by atoms with Gasteiger partial charge in [0.1, 0.15) is 10.8 Å². The van der Waals surface area contributed by atoms with Crippen LogP contribution in [0.5, 0.6) is 0 Å². The number of aromatic nitrogens is 1. The molecule has 1 saturated heterocycles. The van der Waals surface area contributed by atoms with Crippen molar-refractivity contribution >= 4 is 23.4 Å². The van der Waals surface area contributed by atoms with Crippen molar-refractivity contribution in [2.75, 3.05) is 18.4 Å². The van der Waals surface area contributed by atoms with Crippen LogP contribution in [0.3, 0.4) is 0 Å². The molecule has 1 aliphatic heterocycles. The van der Waals surface area contributed by atoms with Crippen LogP contribution in [0.4, 0.5) is 10.5 Å². The number of carbonyl (C=O) groups excluding carboxylic acids is 1. The highest BCUT2D eigenvalue weighted by molar-refractivity contribution is 6.29. The number of carbonyl (C=O) groups is 1. The van der Waals surface area contributed by atoms with Gasteiger partial charge in [0.15, 0.2) is 0 Å². The van der Waals surface area contributed by atoms with E-state index >= 15 is 0 Å². The maximum absolute atomic E-state index is 11.8. The van der Waals surface area contributed by atoms with Crippen LogP contribution in [0, 0.1) is 6.92 Å². The van der Waals surface area contributed by atoms with Crippen molar-refractivity contribution in [3.05, 3.63) is 23.0 Å². The first-order valence-electron chi connectivity index (χ1n) is 6.62. The highest BCUT2D eigenvalue weighted by atomic mass is 35.5. The fourth-order valence-corrected chi connectivity index (χ4v) is 2.14. The van der Waals surface area contributed by atoms with Crippen molar-refractivity contribution in [3.63, 3.8) is 0 Å². The molecule has 2 heterocycles. The van der Waals surface area contributed by atoms with E-state index in [9.17, 15) is 4.79 Å². The molecule has 6 heteroatoms.